The molecular weight excluding hydrogens is 276 g/mol. The molecule has 0 spiro atoms. The van der Waals surface area contributed by atoms with E-state index in [2.05, 4.69) is 9.97 Å². The first-order chi connectivity index (χ1) is 10.6. The molecule has 4 nitrogen and oxygen atoms in total. The maximum absolute atomic E-state index is 11.3. The maximum atomic E-state index is 11.3. The Morgan fingerprint density at radius 3 is 1.82 bits per heavy atom. The summed E-state index contributed by atoms with van der Waals surface area (Å²) >= 11 is 0. The van der Waals surface area contributed by atoms with Gasteiger partial charge in [0.15, 0.2) is 5.82 Å². The number of aromatic nitrogens is 2. The summed E-state index contributed by atoms with van der Waals surface area (Å²) in [6, 6.07) is 7.76. The zero-order valence-electron chi connectivity index (χ0n) is 13.0. The van der Waals surface area contributed by atoms with Crippen molar-refractivity contribution in [3.05, 3.63) is 47.8 Å². The molecule has 4 heteroatoms. The third kappa shape index (κ3) is 4.32. The highest BCUT2D eigenvalue weighted by Crippen LogP contribution is 2.27. The van der Waals surface area contributed by atoms with Crippen molar-refractivity contribution in [2.75, 3.05) is 0 Å². The third-order valence-corrected chi connectivity index (χ3v) is 3.52. The van der Waals surface area contributed by atoms with E-state index in [4.69, 9.17) is 0 Å². The minimum Gasteiger partial charge on any atom is -0.300 e. The Morgan fingerprint density at radius 2 is 1.36 bits per heavy atom. The van der Waals surface area contributed by atoms with Crippen LogP contribution in [-0.4, -0.2) is 21.5 Å². The average Bonchev–Trinajstić information content (AvgIpc) is 2.51. The first kappa shape index (κ1) is 16.0. The molecule has 0 radical (unpaired) electrons. The smallest absolute Gasteiger partial charge is 0.159 e. The van der Waals surface area contributed by atoms with Crippen LogP contribution in [-0.2, 0) is 22.4 Å². The Bertz CT molecular complexity index is 630. The summed E-state index contributed by atoms with van der Waals surface area (Å²) in [6.45, 7) is 3.19. The van der Waals surface area contributed by atoms with Gasteiger partial charge in [0.05, 0.1) is 0 Å². The molecule has 2 aromatic rings. The van der Waals surface area contributed by atoms with E-state index in [1.54, 1.807) is 32.3 Å². The molecule has 0 aliphatic rings. The highest BCUT2D eigenvalue weighted by Gasteiger charge is 2.13. The van der Waals surface area contributed by atoms with Gasteiger partial charge in [0.25, 0.3) is 0 Å². The Morgan fingerprint density at radius 1 is 0.864 bits per heavy atom. The van der Waals surface area contributed by atoms with E-state index in [0.29, 0.717) is 31.5 Å². The van der Waals surface area contributed by atoms with Gasteiger partial charge in [-0.2, -0.15) is 0 Å². The van der Waals surface area contributed by atoms with Crippen molar-refractivity contribution < 1.29 is 9.59 Å². The van der Waals surface area contributed by atoms with Crippen LogP contribution in [0.1, 0.15) is 37.8 Å². The van der Waals surface area contributed by atoms with Crippen LogP contribution in [0.5, 0.6) is 0 Å². The zero-order chi connectivity index (χ0) is 15.9. The summed E-state index contributed by atoms with van der Waals surface area (Å²) in [6.07, 6.45) is 5.73. The van der Waals surface area contributed by atoms with Gasteiger partial charge in [0, 0.05) is 30.8 Å². The first-order valence-electron chi connectivity index (χ1n) is 7.45. The molecule has 0 N–H and O–H groups in total. The number of ketones is 2. The number of aryl methyl sites for hydroxylation is 2. The van der Waals surface area contributed by atoms with Crippen molar-refractivity contribution in [3.8, 4) is 11.4 Å². The summed E-state index contributed by atoms with van der Waals surface area (Å²) in [5, 5.41) is 0. The first-order valence-corrected chi connectivity index (χ1v) is 7.45. The lowest BCUT2D eigenvalue weighted by molar-refractivity contribution is -0.117. The van der Waals surface area contributed by atoms with E-state index in [1.807, 2.05) is 18.2 Å². The number of rotatable bonds is 7. The van der Waals surface area contributed by atoms with Crippen LogP contribution in [0.15, 0.2) is 36.7 Å². The van der Waals surface area contributed by atoms with Gasteiger partial charge in [-0.05, 0) is 43.9 Å². The molecule has 0 amide bonds. The monoisotopic (exact) mass is 296 g/mol. The van der Waals surface area contributed by atoms with Crippen LogP contribution in [0.2, 0.25) is 0 Å². The van der Waals surface area contributed by atoms with E-state index < -0.39 is 0 Å². The van der Waals surface area contributed by atoms with Crippen LogP contribution in [0.4, 0.5) is 0 Å². The van der Waals surface area contributed by atoms with E-state index in [9.17, 15) is 9.59 Å². The topological polar surface area (TPSA) is 59.9 Å². The highest BCUT2D eigenvalue weighted by molar-refractivity contribution is 5.77. The fraction of sp³-hybridized carbons (Fsp3) is 0.333. The van der Waals surface area contributed by atoms with Crippen LogP contribution >= 0.6 is 0 Å². The van der Waals surface area contributed by atoms with Crippen LogP contribution in [0.3, 0.4) is 0 Å². The van der Waals surface area contributed by atoms with Crippen molar-refractivity contribution in [1.82, 2.24) is 9.97 Å². The number of benzene rings is 1. The van der Waals surface area contributed by atoms with Gasteiger partial charge in [0.2, 0.25) is 0 Å². The van der Waals surface area contributed by atoms with E-state index in [1.165, 1.54) is 0 Å². The summed E-state index contributed by atoms with van der Waals surface area (Å²) in [4.78, 5) is 31.3. The van der Waals surface area contributed by atoms with Gasteiger partial charge in [-0.25, -0.2) is 9.97 Å². The van der Waals surface area contributed by atoms with E-state index in [-0.39, 0.29) is 11.6 Å². The Hall–Kier alpha value is -2.36. The van der Waals surface area contributed by atoms with Crippen LogP contribution in [0, 0.1) is 0 Å². The molecule has 22 heavy (non-hydrogen) atoms. The molecule has 0 bridgehead atoms. The van der Waals surface area contributed by atoms with Gasteiger partial charge in [0.1, 0.15) is 11.6 Å². The molecule has 0 saturated carbocycles. The number of Topliss-reactive ketones (excluding diaryl/α,β-unsaturated/α-hetero) is 2. The van der Waals surface area contributed by atoms with Crippen LogP contribution in [0.25, 0.3) is 11.4 Å². The molecule has 1 aromatic heterocycles. The van der Waals surface area contributed by atoms with Gasteiger partial charge in [-0.15, -0.1) is 0 Å². The minimum absolute atomic E-state index is 0.161. The van der Waals surface area contributed by atoms with E-state index >= 15 is 0 Å². The molecule has 114 valence electrons. The van der Waals surface area contributed by atoms with E-state index in [0.717, 1.165) is 16.7 Å². The predicted molar refractivity (Wildman–Crippen MR) is 85.5 cm³/mol. The summed E-state index contributed by atoms with van der Waals surface area (Å²) in [5.74, 6) is 0.975. The van der Waals surface area contributed by atoms with Crippen molar-refractivity contribution in [1.29, 1.82) is 0 Å². The lowest BCUT2D eigenvalue weighted by Crippen LogP contribution is -2.03. The van der Waals surface area contributed by atoms with Crippen molar-refractivity contribution in [3.63, 3.8) is 0 Å². The molecule has 0 saturated heterocycles. The summed E-state index contributed by atoms with van der Waals surface area (Å²) in [7, 11) is 0. The number of hydrogen-bond donors (Lipinski definition) is 0. The van der Waals surface area contributed by atoms with Crippen molar-refractivity contribution in [2.24, 2.45) is 0 Å². The fourth-order valence-corrected chi connectivity index (χ4v) is 2.41. The SMILES string of the molecule is CC(=O)CCc1cccc(CCC(C)=O)c1-c1ncccn1. The molecule has 0 atom stereocenters. The molecule has 2 rings (SSSR count). The van der Waals surface area contributed by atoms with Gasteiger partial charge >= 0.3 is 0 Å². The highest BCUT2D eigenvalue weighted by atomic mass is 16.1. The number of carbonyl (C=O) groups is 2. The lowest BCUT2D eigenvalue weighted by atomic mass is 9.93. The normalized spacial score (nSPS) is 10.5. The summed E-state index contributed by atoms with van der Waals surface area (Å²) in [5.41, 5.74) is 3.08. The number of nitrogens with zero attached hydrogens (tertiary/aromatic N) is 2. The van der Waals surface area contributed by atoms with Crippen molar-refractivity contribution in [2.45, 2.75) is 39.5 Å². The largest absolute Gasteiger partial charge is 0.300 e. The Kier molecular flexibility index (Phi) is 5.53. The quantitative estimate of drug-likeness (QED) is 0.787. The zero-order valence-corrected chi connectivity index (χ0v) is 13.0. The lowest BCUT2D eigenvalue weighted by Gasteiger charge is -2.13. The average molecular weight is 296 g/mol. The van der Waals surface area contributed by atoms with Gasteiger partial charge < -0.3 is 9.59 Å². The molecular formula is C18H20N2O2. The summed E-state index contributed by atoms with van der Waals surface area (Å²) < 4.78 is 0. The second kappa shape index (κ2) is 7.59. The number of carbonyl (C=O) groups excluding carboxylic acids is 2. The molecule has 1 heterocycles. The third-order valence-electron chi connectivity index (χ3n) is 3.52. The molecule has 0 unspecified atom stereocenters. The fourth-order valence-electron chi connectivity index (χ4n) is 2.41. The molecule has 1 aromatic carbocycles. The predicted octanol–water partition coefficient (Wildman–Crippen LogP) is 3.19. The molecule has 0 aliphatic heterocycles. The van der Waals surface area contributed by atoms with Crippen LogP contribution < -0.4 is 0 Å². The van der Waals surface area contributed by atoms with Gasteiger partial charge in [-0.1, -0.05) is 18.2 Å². The maximum Gasteiger partial charge on any atom is 0.159 e. The van der Waals surface area contributed by atoms with Crippen molar-refractivity contribution >= 4 is 11.6 Å². The minimum atomic E-state index is 0.161. The Labute approximate surface area is 130 Å². The number of hydrogen-bond acceptors (Lipinski definition) is 4. The standard InChI is InChI=1S/C18H20N2O2/c1-13(21)7-9-15-5-3-6-16(10-8-14(2)22)17(15)18-19-11-4-12-20-18/h3-6,11-12H,7-10H2,1-2H3. The van der Waals surface area contributed by atoms with Gasteiger partial charge in [-0.3, -0.25) is 0 Å². The second-order valence-electron chi connectivity index (χ2n) is 5.43. The Balaban J connectivity index is 2.42. The second-order valence-corrected chi connectivity index (χ2v) is 5.43. The molecule has 0 aliphatic carbocycles. The molecule has 0 fully saturated rings.